The highest BCUT2D eigenvalue weighted by atomic mass is 35.5. The first-order valence-electron chi connectivity index (χ1n) is 10.0. The molecule has 1 aromatic carbocycles. The van der Waals surface area contributed by atoms with Gasteiger partial charge in [-0.05, 0) is 38.2 Å². The number of aryl methyl sites for hydroxylation is 1. The van der Waals surface area contributed by atoms with Crippen LogP contribution < -0.4 is 10.6 Å². The number of carbonyl (C=O) groups is 1. The van der Waals surface area contributed by atoms with Crippen molar-refractivity contribution in [3.8, 4) is 5.69 Å². The highest BCUT2D eigenvalue weighted by molar-refractivity contribution is 7.12. The van der Waals surface area contributed by atoms with Gasteiger partial charge < -0.3 is 15.5 Å². The highest BCUT2D eigenvalue weighted by Gasteiger charge is 2.25. The van der Waals surface area contributed by atoms with Crippen LogP contribution >= 0.6 is 22.9 Å². The summed E-state index contributed by atoms with van der Waals surface area (Å²) in [6, 6.07) is 8.40. The number of anilines is 2. The number of pyridine rings is 1. The number of aromatic nitrogens is 3. The van der Waals surface area contributed by atoms with Crippen LogP contribution in [-0.4, -0.2) is 51.8 Å². The van der Waals surface area contributed by atoms with Crippen LogP contribution in [0.2, 0.25) is 5.02 Å². The second-order valence-corrected chi connectivity index (χ2v) is 9.19. The fraction of sp³-hybridized carbons (Fsp3) is 0.227. The zero-order valence-corrected chi connectivity index (χ0v) is 19.0. The number of carbonyl (C=O) groups excluding carboxylic acids is 1. The lowest BCUT2D eigenvalue weighted by atomic mass is 10.1. The molecule has 3 aromatic heterocycles. The molecule has 0 unspecified atom stereocenters. The number of benzene rings is 1. The number of para-hydroxylation sites is 1. The molecule has 164 valence electrons. The first kappa shape index (κ1) is 20.9. The Labute approximate surface area is 192 Å². The smallest absolute Gasteiger partial charge is 0.261 e. The SMILES string of the molecule is Cc1nc2c(cnn2-c2csc(C(=O)NC3CN(C)C3)c2)cc1Nc1c([18F])cccc1Cl. The molecule has 1 aliphatic rings. The Kier molecular flexibility index (Phi) is 5.32. The lowest BCUT2D eigenvalue weighted by molar-refractivity contribution is 0.0862. The van der Waals surface area contributed by atoms with Gasteiger partial charge in [-0.2, -0.15) is 5.10 Å². The van der Waals surface area contributed by atoms with Gasteiger partial charge in [-0.15, -0.1) is 11.3 Å². The number of likely N-dealkylation sites (N-methyl/N-ethyl adjacent to an activating group) is 1. The predicted molar refractivity (Wildman–Crippen MR) is 125 cm³/mol. The minimum absolute atomic E-state index is 0.0757. The number of amides is 1. The van der Waals surface area contributed by atoms with Crippen molar-refractivity contribution in [2.45, 2.75) is 13.0 Å². The van der Waals surface area contributed by atoms with E-state index in [0.717, 1.165) is 24.2 Å². The monoisotopic (exact) mass is 469 g/mol. The molecule has 4 heterocycles. The average molecular weight is 470 g/mol. The number of hydrogen-bond acceptors (Lipinski definition) is 6. The maximum absolute atomic E-state index is 14.2. The molecule has 0 bridgehead atoms. The van der Waals surface area contributed by atoms with E-state index in [4.69, 9.17) is 11.6 Å². The van der Waals surface area contributed by atoms with E-state index < -0.39 is 5.82 Å². The number of halogens is 2. The van der Waals surface area contributed by atoms with E-state index in [1.54, 1.807) is 23.0 Å². The van der Waals surface area contributed by atoms with E-state index in [1.807, 2.05) is 31.5 Å². The van der Waals surface area contributed by atoms with E-state index in [9.17, 15) is 9.18 Å². The molecule has 5 rings (SSSR count). The molecule has 1 amide bonds. The summed E-state index contributed by atoms with van der Waals surface area (Å²) >= 11 is 7.51. The Bertz CT molecular complexity index is 1310. The summed E-state index contributed by atoms with van der Waals surface area (Å²) in [6.07, 6.45) is 1.69. The van der Waals surface area contributed by atoms with Crippen molar-refractivity contribution < 1.29 is 9.18 Å². The molecule has 4 aromatic rings. The number of thiophene rings is 1. The van der Waals surface area contributed by atoms with Crippen molar-refractivity contribution in [3.05, 3.63) is 63.3 Å². The molecule has 32 heavy (non-hydrogen) atoms. The van der Waals surface area contributed by atoms with E-state index in [1.165, 1.54) is 17.4 Å². The average Bonchev–Trinajstić information content (AvgIpc) is 3.36. The Balaban J connectivity index is 1.41. The summed E-state index contributed by atoms with van der Waals surface area (Å²) < 4.78 is 15.9. The zero-order valence-electron chi connectivity index (χ0n) is 17.4. The highest BCUT2D eigenvalue weighted by Crippen LogP contribution is 2.31. The maximum atomic E-state index is 14.2. The molecule has 7 nitrogen and oxygen atoms in total. The molecule has 10 heteroatoms. The van der Waals surface area contributed by atoms with Crippen molar-refractivity contribution in [1.29, 1.82) is 0 Å². The van der Waals surface area contributed by atoms with Gasteiger partial charge in [0.2, 0.25) is 0 Å². The molecule has 2 N–H and O–H groups in total. The summed E-state index contributed by atoms with van der Waals surface area (Å²) in [6.45, 7) is 3.56. The third-order valence-electron chi connectivity index (χ3n) is 5.41. The third-order valence-corrected chi connectivity index (χ3v) is 6.64. The van der Waals surface area contributed by atoms with Gasteiger partial charge in [-0.3, -0.25) is 4.79 Å². The van der Waals surface area contributed by atoms with E-state index in [2.05, 4.69) is 25.6 Å². The predicted octanol–water partition coefficient (Wildman–Crippen LogP) is 4.37. The quantitative estimate of drug-likeness (QED) is 0.454. The fourth-order valence-electron chi connectivity index (χ4n) is 3.72. The molecule has 1 saturated heterocycles. The van der Waals surface area contributed by atoms with E-state index in [0.29, 0.717) is 21.9 Å². The number of hydrogen-bond donors (Lipinski definition) is 2. The van der Waals surface area contributed by atoms with Crippen molar-refractivity contribution in [3.63, 3.8) is 0 Å². The minimum atomic E-state index is -0.440. The van der Waals surface area contributed by atoms with Gasteiger partial charge >= 0.3 is 0 Å². The number of nitrogens with zero attached hydrogens (tertiary/aromatic N) is 4. The number of fused-ring (bicyclic) bond motifs is 1. The van der Waals surface area contributed by atoms with Crippen LogP contribution in [0.3, 0.4) is 0 Å². The Morgan fingerprint density at radius 1 is 1.31 bits per heavy atom. The van der Waals surface area contributed by atoms with Gasteiger partial charge in [-0.25, -0.2) is 14.1 Å². The third kappa shape index (κ3) is 3.83. The van der Waals surface area contributed by atoms with Crippen LogP contribution in [0, 0.1) is 12.7 Å². The molecule has 0 spiro atoms. The van der Waals surface area contributed by atoms with Crippen molar-refractivity contribution in [2.75, 3.05) is 25.5 Å². The van der Waals surface area contributed by atoms with E-state index in [-0.39, 0.29) is 22.7 Å². The molecule has 0 atom stereocenters. The van der Waals surface area contributed by atoms with Crippen LogP contribution in [0.4, 0.5) is 15.8 Å². The number of rotatable bonds is 5. The van der Waals surface area contributed by atoms with Gasteiger partial charge in [0, 0.05) is 23.9 Å². The van der Waals surface area contributed by atoms with Crippen LogP contribution in [0.1, 0.15) is 15.4 Å². The van der Waals surface area contributed by atoms with Crippen LogP contribution in [-0.2, 0) is 0 Å². The zero-order chi connectivity index (χ0) is 22.4. The maximum Gasteiger partial charge on any atom is 0.261 e. The summed E-state index contributed by atoms with van der Waals surface area (Å²) in [5.41, 5.74) is 2.93. The second kappa shape index (κ2) is 8.16. The van der Waals surface area contributed by atoms with Gasteiger partial charge in [-0.1, -0.05) is 17.7 Å². The van der Waals surface area contributed by atoms with Crippen molar-refractivity contribution in [2.24, 2.45) is 0 Å². The van der Waals surface area contributed by atoms with Gasteiger partial charge in [0.05, 0.1) is 44.9 Å². The molecular formula is C22H20ClFN6OS. The normalized spacial score (nSPS) is 14.5. The minimum Gasteiger partial charge on any atom is -0.350 e. The second-order valence-electron chi connectivity index (χ2n) is 7.87. The number of nitrogens with one attached hydrogen (secondary N) is 2. The van der Waals surface area contributed by atoms with Crippen LogP contribution in [0.5, 0.6) is 0 Å². The van der Waals surface area contributed by atoms with Gasteiger partial charge in [0.25, 0.3) is 5.91 Å². The molecular weight excluding hydrogens is 450 g/mol. The fourth-order valence-corrected chi connectivity index (χ4v) is 4.70. The largest absolute Gasteiger partial charge is 0.350 e. The summed E-state index contributed by atoms with van der Waals surface area (Å²) in [5.74, 6) is -0.515. The topological polar surface area (TPSA) is 75.1 Å². The lowest BCUT2D eigenvalue weighted by Gasteiger charge is -2.36. The first-order valence-corrected chi connectivity index (χ1v) is 11.3. The molecule has 0 aliphatic carbocycles. The van der Waals surface area contributed by atoms with Crippen LogP contribution in [0.25, 0.3) is 16.7 Å². The summed E-state index contributed by atoms with van der Waals surface area (Å²) in [5, 5.41) is 13.5. The van der Waals surface area contributed by atoms with Crippen molar-refractivity contribution in [1.82, 2.24) is 25.0 Å². The summed E-state index contributed by atoms with van der Waals surface area (Å²) in [4.78, 5) is 20.0. The van der Waals surface area contributed by atoms with Gasteiger partial charge in [0.1, 0.15) is 5.82 Å². The standard InChI is InChI=1S/C22H20ClFN6OS/c1-12-18(28-20-16(23)4-3-5-17(20)24)6-13-8-25-30(21(13)26-12)15-7-19(32-11-15)22(31)27-14-9-29(2)10-14/h3-8,11,14,28H,9-10H2,1-2H3,(H,27,31)/i24-1. The first-order chi connectivity index (χ1) is 15.4. The Hall–Kier alpha value is -3.01. The molecule has 1 fully saturated rings. The van der Waals surface area contributed by atoms with E-state index >= 15 is 0 Å². The number of likely N-dealkylation sites (tertiary alicyclic amines) is 1. The van der Waals surface area contributed by atoms with Crippen molar-refractivity contribution >= 4 is 51.3 Å². The molecule has 0 saturated carbocycles. The van der Waals surface area contributed by atoms with Gasteiger partial charge in [0.15, 0.2) is 5.65 Å². The Morgan fingerprint density at radius 3 is 2.88 bits per heavy atom. The lowest BCUT2D eigenvalue weighted by Crippen LogP contribution is -2.57. The van der Waals surface area contributed by atoms with Crippen LogP contribution in [0.15, 0.2) is 41.9 Å². The summed E-state index contributed by atoms with van der Waals surface area (Å²) in [7, 11) is 2.02. The Morgan fingerprint density at radius 2 is 2.12 bits per heavy atom. The molecule has 0 radical (unpaired) electrons. The molecule has 1 aliphatic heterocycles.